The van der Waals surface area contributed by atoms with E-state index in [2.05, 4.69) is 4.99 Å². The maximum atomic E-state index is 9.39. The molecule has 0 rings (SSSR count). The fourth-order valence-corrected chi connectivity index (χ4v) is 0.415. The highest BCUT2D eigenvalue weighted by Crippen LogP contribution is 1.71. The molecule has 0 N–H and O–H groups in total. The van der Waals surface area contributed by atoms with E-state index < -0.39 is 0 Å². The lowest BCUT2D eigenvalue weighted by atomic mass is 10.7. The van der Waals surface area contributed by atoms with Crippen LogP contribution in [-0.4, -0.2) is 23.2 Å². The van der Waals surface area contributed by atoms with Crippen molar-refractivity contribution in [2.24, 2.45) is 4.99 Å². The second-order valence-corrected chi connectivity index (χ2v) is 1.64. The highest BCUT2D eigenvalue weighted by Gasteiger charge is 1.65. The Labute approximate surface area is 50.6 Å². The third-order valence-corrected chi connectivity index (χ3v) is 0.829. The normalized spacial score (nSPS) is 9.50. The minimum Gasteiger partial charge on any atom is -0.424 e. The van der Waals surface area contributed by atoms with Crippen molar-refractivity contribution >= 4 is 16.6 Å². The summed E-state index contributed by atoms with van der Waals surface area (Å²) in [4.78, 5) is 12.6. The Hall–Kier alpha value is -0.703. The number of hydrogen-bond donors (Lipinski definition) is 0. The third kappa shape index (κ3) is 5.30. The summed E-state index contributed by atoms with van der Waals surface area (Å²) in [5.41, 5.74) is 0. The molecule has 0 radical (unpaired) electrons. The molecule has 0 amide bonds. The average molecular weight is 129 g/mol. The second kappa shape index (κ2) is 6.30. The van der Waals surface area contributed by atoms with Crippen LogP contribution in [0.5, 0.6) is 0 Å². The van der Waals surface area contributed by atoms with Gasteiger partial charge in [-0.1, -0.05) is 0 Å². The Morgan fingerprint density at radius 2 is 2.62 bits per heavy atom. The summed E-state index contributed by atoms with van der Waals surface area (Å²) in [7, 11) is 0.716. The van der Waals surface area contributed by atoms with Crippen molar-refractivity contribution in [3.05, 3.63) is 12.3 Å². The molecule has 0 aliphatic rings. The first-order valence-corrected chi connectivity index (χ1v) is 2.94. The molecule has 8 heavy (non-hydrogen) atoms. The molecule has 4 heteroatoms. The highest BCUT2D eigenvalue weighted by molar-refractivity contribution is 5.98. The molecule has 0 aliphatic carbocycles. The molecule has 0 aromatic carbocycles. The third-order valence-electron chi connectivity index (χ3n) is 0.496. The van der Waals surface area contributed by atoms with Gasteiger partial charge >= 0.3 is 0 Å². The summed E-state index contributed by atoms with van der Waals surface area (Å²) in [6.07, 6.45) is 4.39. The maximum absolute atomic E-state index is 9.39. The zero-order chi connectivity index (χ0) is 6.24. The zero-order valence-electron chi connectivity index (χ0n) is 4.63. The minimum absolute atomic E-state index is 0.539. The largest absolute Gasteiger partial charge is 0.424 e. The van der Waals surface area contributed by atoms with Crippen molar-refractivity contribution in [2.75, 3.05) is 6.61 Å². The van der Waals surface area contributed by atoms with Crippen molar-refractivity contribution < 1.29 is 9.22 Å². The summed E-state index contributed by atoms with van der Waals surface area (Å²) in [6, 6.07) is 0. The van der Waals surface area contributed by atoms with E-state index in [-0.39, 0.29) is 0 Å². The molecule has 0 unspecified atom stereocenters. The summed E-state index contributed by atoms with van der Waals surface area (Å²) in [5, 5.41) is 0. The van der Waals surface area contributed by atoms with E-state index >= 15 is 0 Å². The minimum atomic E-state index is 0.539. The van der Waals surface area contributed by atoms with E-state index in [1.165, 1.54) is 12.3 Å². The van der Waals surface area contributed by atoms with Crippen molar-refractivity contribution in [2.45, 2.75) is 0 Å². The molecule has 0 saturated heterocycles. The van der Waals surface area contributed by atoms with Gasteiger partial charge in [-0.3, -0.25) is 0 Å². The quantitative estimate of drug-likeness (QED) is 0.282. The van der Waals surface area contributed by atoms with Crippen molar-refractivity contribution in [1.29, 1.82) is 0 Å². The monoisotopic (exact) mass is 129 g/mol. The van der Waals surface area contributed by atoms with Crippen LogP contribution in [0.15, 0.2) is 17.3 Å². The SMILES string of the molecule is O=C=NC=CCO[SiH3]. The van der Waals surface area contributed by atoms with Crippen LogP contribution in [0.1, 0.15) is 0 Å². The van der Waals surface area contributed by atoms with E-state index in [9.17, 15) is 4.79 Å². The predicted molar refractivity (Wildman–Crippen MR) is 33.2 cm³/mol. The molecule has 0 atom stereocenters. The van der Waals surface area contributed by atoms with Crippen LogP contribution in [0, 0.1) is 0 Å². The lowest BCUT2D eigenvalue weighted by molar-refractivity contribution is 0.401. The lowest BCUT2D eigenvalue weighted by Gasteiger charge is -1.82. The van der Waals surface area contributed by atoms with Gasteiger partial charge in [0.1, 0.15) is 10.5 Å². The fraction of sp³-hybridized carbons (Fsp3) is 0.250. The van der Waals surface area contributed by atoms with E-state index in [0.717, 1.165) is 0 Å². The van der Waals surface area contributed by atoms with Crippen LogP contribution in [0.2, 0.25) is 0 Å². The fourth-order valence-electron chi connectivity index (χ4n) is 0.222. The maximum Gasteiger partial charge on any atom is 0.239 e. The summed E-state index contributed by atoms with van der Waals surface area (Å²) >= 11 is 0. The van der Waals surface area contributed by atoms with Gasteiger partial charge in [-0.2, -0.15) is 4.99 Å². The Balaban J connectivity index is 3.20. The Kier molecular flexibility index (Phi) is 5.74. The molecule has 0 bridgehead atoms. The first-order valence-electron chi connectivity index (χ1n) is 2.12. The average Bonchev–Trinajstić information content (AvgIpc) is 1.81. The number of nitrogens with zero attached hydrogens (tertiary/aromatic N) is 1. The van der Waals surface area contributed by atoms with Crippen LogP contribution in [0.4, 0.5) is 0 Å². The molecule has 0 saturated carbocycles. The number of rotatable bonds is 3. The predicted octanol–water partition coefficient (Wildman–Crippen LogP) is -0.867. The van der Waals surface area contributed by atoms with Gasteiger partial charge in [-0.05, 0) is 6.08 Å². The van der Waals surface area contributed by atoms with Crippen molar-refractivity contribution in [3.8, 4) is 0 Å². The number of isocyanates is 1. The van der Waals surface area contributed by atoms with Gasteiger partial charge in [0.25, 0.3) is 0 Å². The molecule has 0 heterocycles. The van der Waals surface area contributed by atoms with Crippen LogP contribution >= 0.6 is 0 Å². The van der Waals surface area contributed by atoms with Crippen LogP contribution < -0.4 is 0 Å². The standard InChI is InChI=1S/C4H7NO2Si/c6-4-5-2-1-3-7-8/h1-2H,3H2,8H3. The van der Waals surface area contributed by atoms with E-state index in [1.807, 2.05) is 0 Å². The molecule has 3 nitrogen and oxygen atoms in total. The van der Waals surface area contributed by atoms with Gasteiger partial charge in [0.05, 0.1) is 6.61 Å². The zero-order valence-corrected chi connectivity index (χ0v) is 6.63. The van der Waals surface area contributed by atoms with Gasteiger partial charge in [-0.15, -0.1) is 0 Å². The van der Waals surface area contributed by atoms with Gasteiger partial charge < -0.3 is 4.43 Å². The van der Waals surface area contributed by atoms with E-state index in [1.54, 1.807) is 6.08 Å². The molecular weight excluding hydrogens is 122 g/mol. The first-order chi connectivity index (χ1) is 3.91. The number of carbonyl (C=O) groups excluding carboxylic acids is 1. The van der Waals surface area contributed by atoms with Crippen molar-refractivity contribution in [3.63, 3.8) is 0 Å². The van der Waals surface area contributed by atoms with Crippen molar-refractivity contribution in [1.82, 2.24) is 0 Å². The topological polar surface area (TPSA) is 38.7 Å². The Morgan fingerprint density at radius 1 is 1.88 bits per heavy atom. The summed E-state index contributed by atoms with van der Waals surface area (Å²) in [6.45, 7) is 0.539. The molecule has 0 spiro atoms. The molecule has 0 fully saturated rings. The van der Waals surface area contributed by atoms with Crippen LogP contribution in [-0.2, 0) is 9.22 Å². The molecule has 0 aromatic heterocycles. The second-order valence-electron chi connectivity index (χ2n) is 1.06. The molecule has 44 valence electrons. The summed E-state index contributed by atoms with van der Waals surface area (Å²) in [5.74, 6) is 0. The number of aliphatic imine (C=N–C) groups is 1. The highest BCUT2D eigenvalue weighted by atomic mass is 28.2. The van der Waals surface area contributed by atoms with E-state index in [4.69, 9.17) is 4.43 Å². The van der Waals surface area contributed by atoms with Gasteiger partial charge in [0.15, 0.2) is 0 Å². The van der Waals surface area contributed by atoms with Gasteiger partial charge in [0.2, 0.25) is 6.08 Å². The Bertz CT molecular complexity index is 117. The van der Waals surface area contributed by atoms with Gasteiger partial charge in [-0.25, -0.2) is 4.79 Å². The first kappa shape index (κ1) is 7.30. The lowest BCUT2D eigenvalue weighted by Crippen LogP contribution is -1.80. The number of hydrogen-bond acceptors (Lipinski definition) is 3. The van der Waals surface area contributed by atoms with Gasteiger partial charge in [0, 0.05) is 6.20 Å². The van der Waals surface area contributed by atoms with Crippen LogP contribution in [0.3, 0.4) is 0 Å². The molecule has 0 aliphatic heterocycles. The summed E-state index contributed by atoms with van der Waals surface area (Å²) < 4.78 is 4.75. The molecule has 0 aromatic rings. The molecular formula is C4H7NO2Si. The Morgan fingerprint density at radius 3 is 3.12 bits per heavy atom. The smallest absolute Gasteiger partial charge is 0.239 e. The van der Waals surface area contributed by atoms with E-state index in [0.29, 0.717) is 17.1 Å². The van der Waals surface area contributed by atoms with Crippen LogP contribution in [0.25, 0.3) is 0 Å².